The number of hydrogen-bond acceptors (Lipinski definition) is 7. The summed E-state index contributed by atoms with van der Waals surface area (Å²) in [5.74, 6) is 0. The molecule has 0 amide bonds. The number of allylic oxidation sites excluding steroid dienone is 2. The molecule has 2 rings (SSSR count). The third kappa shape index (κ3) is 5.62. The second-order valence-electron chi connectivity index (χ2n) is 7.22. The average Bonchev–Trinajstić information content (AvgIpc) is 2.68. The second-order valence-corrected chi connectivity index (χ2v) is 9.76. The van der Waals surface area contributed by atoms with Crippen molar-refractivity contribution in [3.8, 4) is 18.2 Å². The van der Waals surface area contributed by atoms with Gasteiger partial charge in [0, 0.05) is 9.79 Å². The topological polar surface area (TPSA) is 138 Å². The molecule has 0 aliphatic carbocycles. The lowest BCUT2D eigenvalue weighted by Gasteiger charge is -2.19. The van der Waals surface area contributed by atoms with Crippen LogP contribution in [0.1, 0.15) is 26.3 Å². The number of rotatable bonds is 5. The lowest BCUT2D eigenvalue weighted by Crippen LogP contribution is -2.10. The molecule has 152 valence electrons. The first-order chi connectivity index (χ1) is 14.0. The summed E-state index contributed by atoms with van der Waals surface area (Å²) in [6, 6.07) is 16.8. The van der Waals surface area contributed by atoms with Crippen LogP contribution in [-0.2, 0) is 15.5 Å². The van der Waals surface area contributed by atoms with Gasteiger partial charge in [0.25, 0.3) is 10.1 Å². The van der Waals surface area contributed by atoms with Gasteiger partial charge in [-0.15, -0.1) is 0 Å². The molecular formula is C21H18N4O3S2. The van der Waals surface area contributed by atoms with Crippen molar-refractivity contribution in [2.24, 2.45) is 0 Å². The van der Waals surface area contributed by atoms with Crippen LogP contribution in [0.5, 0.6) is 0 Å². The third-order valence-corrected chi connectivity index (χ3v) is 5.92. The fourth-order valence-corrected chi connectivity index (χ4v) is 4.06. The van der Waals surface area contributed by atoms with E-state index in [1.165, 1.54) is 23.9 Å². The molecule has 7 nitrogen and oxygen atoms in total. The van der Waals surface area contributed by atoms with E-state index < -0.39 is 26.3 Å². The van der Waals surface area contributed by atoms with E-state index in [9.17, 15) is 13.0 Å². The average molecular weight is 439 g/mol. The summed E-state index contributed by atoms with van der Waals surface area (Å²) >= 11 is 1.30. The number of anilines is 1. The first kappa shape index (κ1) is 23.0. The maximum absolute atomic E-state index is 11.9. The number of nitrogens with one attached hydrogen (secondary N) is 1. The van der Waals surface area contributed by atoms with E-state index in [-0.39, 0.29) is 11.1 Å². The maximum atomic E-state index is 11.9. The minimum absolute atomic E-state index is 0.00627. The molecule has 9 heteroatoms. The lowest BCUT2D eigenvalue weighted by molar-refractivity contribution is 0.483. The SMILES string of the molecule is CC(C)(C)c1ccc(Sc2ccc(NC(C#N)=C(C#N)C#N)c(S(=O)(=O)O)c2)cc1. The molecule has 2 N–H and O–H groups in total. The van der Waals surface area contributed by atoms with Gasteiger partial charge in [-0.1, -0.05) is 44.7 Å². The molecule has 0 radical (unpaired) electrons. The van der Waals surface area contributed by atoms with E-state index in [0.717, 1.165) is 10.5 Å². The van der Waals surface area contributed by atoms with Crippen molar-refractivity contribution in [2.45, 2.75) is 40.9 Å². The van der Waals surface area contributed by atoms with Gasteiger partial charge in [0.2, 0.25) is 0 Å². The molecule has 0 fully saturated rings. The zero-order chi connectivity index (χ0) is 22.5. The Bertz CT molecular complexity index is 1210. The van der Waals surface area contributed by atoms with E-state index in [1.54, 1.807) is 24.3 Å². The van der Waals surface area contributed by atoms with Gasteiger partial charge in [-0.25, -0.2) is 0 Å². The van der Waals surface area contributed by atoms with Crippen molar-refractivity contribution >= 4 is 27.6 Å². The number of nitriles is 3. The van der Waals surface area contributed by atoms with E-state index in [4.69, 9.17) is 15.8 Å². The Morgan fingerprint density at radius 3 is 2.00 bits per heavy atom. The quantitative estimate of drug-likeness (QED) is 0.509. The van der Waals surface area contributed by atoms with Crippen molar-refractivity contribution in [2.75, 3.05) is 5.32 Å². The van der Waals surface area contributed by atoms with E-state index in [1.807, 2.05) is 24.3 Å². The highest BCUT2D eigenvalue weighted by Gasteiger charge is 2.19. The normalized spacial score (nSPS) is 11.0. The Labute approximate surface area is 180 Å². The van der Waals surface area contributed by atoms with Gasteiger partial charge < -0.3 is 5.32 Å². The van der Waals surface area contributed by atoms with Crippen LogP contribution in [0.25, 0.3) is 0 Å². The van der Waals surface area contributed by atoms with Crippen LogP contribution in [0.2, 0.25) is 0 Å². The molecule has 0 atom stereocenters. The molecule has 0 unspecified atom stereocenters. The van der Waals surface area contributed by atoms with Crippen LogP contribution >= 0.6 is 11.8 Å². The van der Waals surface area contributed by atoms with Crippen molar-refractivity contribution in [3.63, 3.8) is 0 Å². The van der Waals surface area contributed by atoms with Crippen molar-refractivity contribution in [1.82, 2.24) is 0 Å². The van der Waals surface area contributed by atoms with Crippen LogP contribution < -0.4 is 5.32 Å². The second kappa shape index (κ2) is 9.02. The van der Waals surface area contributed by atoms with Gasteiger partial charge in [0.1, 0.15) is 28.8 Å². The maximum Gasteiger partial charge on any atom is 0.296 e. The van der Waals surface area contributed by atoms with Gasteiger partial charge in [0.05, 0.1) is 5.69 Å². The predicted molar refractivity (Wildman–Crippen MR) is 113 cm³/mol. The van der Waals surface area contributed by atoms with Gasteiger partial charge in [-0.05, 0) is 41.3 Å². The number of benzene rings is 2. The minimum Gasteiger partial charge on any atom is -0.344 e. The Morgan fingerprint density at radius 2 is 1.53 bits per heavy atom. The minimum atomic E-state index is -4.64. The summed E-state index contributed by atoms with van der Waals surface area (Å²) in [7, 11) is -4.64. The summed E-state index contributed by atoms with van der Waals surface area (Å²) in [6.45, 7) is 6.31. The van der Waals surface area contributed by atoms with Crippen LogP contribution in [-0.4, -0.2) is 13.0 Å². The van der Waals surface area contributed by atoms with E-state index in [0.29, 0.717) is 4.90 Å². The van der Waals surface area contributed by atoms with Crippen molar-refractivity contribution < 1.29 is 13.0 Å². The summed E-state index contributed by atoms with van der Waals surface area (Å²) < 4.78 is 33.4. The standard InChI is InChI=1S/C21H18N4O3S2/c1-21(2,3)15-4-6-16(7-5-15)29-17-8-9-18(20(10-17)30(26,27)28)25-19(13-24)14(11-22)12-23/h4-10,25H,1-3H3,(H,26,27,28). The van der Waals surface area contributed by atoms with E-state index in [2.05, 4.69) is 26.1 Å². The molecule has 2 aromatic rings. The van der Waals surface area contributed by atoms with Crippen LogP contribution in [0.15, 0.2) is 68.4 Å². The molecule has 0 aliphatic rings. The summed E-state index contributed by atoms with van der Waals surface area (Å²) in [5, 5.41) is 29.4. The fraction of sp³-hybridized carbons (Fsp3) is 0.190. The Hall–Kier alpha value is -3.29. The van der Waals surface area contributed by atoms with E-state index >= 15 is 0 Å². The number of hydrogen-bond donors (Lipinski definition) is 2. The van der Waals surface area contributed by atoms with Crippen LogP contribution in [0.3, 0.4) is 0 Å². The highest BCUT2D eigenvalue weighted by Crippen LogP contribution is 2.34. The molecular weight excluding hydrogens is 420 g/mol. The van der Waals surface area contributed by atoms with Gasteiger partial charge in [-0.2, -0.15) is 24.2 Å². The lowest BCUT2D eigenvalue weighted by atomic mass is 9.87. The molecule has 0 heterocycles. The fourth-order valence-electron chi connectivity index (χ4n) is 2.46. The van der Waals surface area contributed by atoms with Crippen LogP contribution in [0, 0.1) is 34.0 Å². The summed E-state index contributed by atoms with van der Waals surface area (Å²) in [6.07, 6.45) is 0. The van der Waals surface area contributed by atoms with Gasteiger partial charge in [-0.3, -0.25) is 4.55 Å². The number of nitrogens with zero attached hydrogens (tertiary/aromatic N) is 3. The van der Waals surface area contributed by atoms with Crippen molar-refractivity contribution in [3.05, 3.63) is 59.3 Å². The summed E-state index contributed by atoms with van der Waals surface area (Å²) in [4.78, 5) is 0.945. The molecule has 0 aliphatic heterocycles. The predicted octanol–water partition coefficient (Wildman–Crippen LogP) is 4.62. The van der Waals surface area contributed by atoms with Crippen molar-refractivity contribution in [1.29, 1.82) is 15.8 Å². The highest BCUT2D eigenvalue weighted by atomic mass is 32.2. The largest absolute Gasteiger partial charge is 0.344 e. The van der Waals surface area contributed by atoms with Gasteiger partial charge >= 0.3 is 0 Å². The molecule has 0 spiro atoms. The Balaban J connectivity index is 2.43. The zero-order valence-corrected chi connectivity index (χ0v) is 18.1. The van der Waals surface area contributed by atoms with Crippen LogP contribution in [0.4, 0.5) is 5.69 Å². The highest BCUT2D eigenvalue weighted by molar-refractivity contribution is 7.99. The molecule has 0 aromatic heterocycles. The smallest absolute Gasteiger partial charge is 0.296 e. The summed E-state index contributed by atoms with van der Waals surface area (Å²) in [5.41, 5.74) is 0.127. The first-order valence-electron chi connectivity index (χ1n) is 8.61. The third-order valence-electron chi connectivity index (χ3n) is 4.03. The molecule has 0 saturated carbocycles. The monoisotopic (exact) mass is 438 g/mol. The zero-order valence-electron chi connectivity index (χ0n) is 16.5. The van der Waals surface area contributed by atoms with Gasteiger partial charge in [0.15, 0.2) is 5.57 Å². The molecule has 30 heavy (non-hydrogen) atoms. The molecule has 0 bridgehead atoms. The Kier molecular flexibility index (Phi) is 6.92. The molecule has 0 saturated heterocycles. The first-order valence-corrected chi connectivity index (χ1v) is 10.9. The molecule has 2 aromatic carbocycles. The Morgan fingerprint density at radius 1 is 0.967 bits per heavy atom.